The number of anilines is 1. The summed E-state index contributed by atoms with van der Waals surface area (Å²) in [6, 6.07) is 12.7. The van der Waals surface area contributed by atoms with Crippen LogP contribution in [-0.4, -0.2) is 33.6 Å². The standard InChI is InChI=1S/C18H18F3NO3S/c1-13-4-2-3-5-16(13)17-12-22(10-11-25-17)14-6-8-15(9-7-14)26(23,24)18(19,20)21/h2-9,17H,10-12H2,1H3. The van der Waals surface area contributed by atoms with Gasteiger partial charge in [0.25, 0.3) is 9.84 Å². The van der Waals surface area contributed by atoms with E-state index in [9.17, 15) is 21.6 Å². The molecule has 1 saturated heterocycles. The van der Waals surface area contributed by atoms with Crippen LogP contribution in [0, 0.1) is 6.92 Å². The molecule has 3 rings (SSSR count). The second kappa shape index (κ2) is 6.92. The molecule has 0 N–H and O–H groups in total. The zero-order valence-electron chi connectivity index (χ0n) is 14.0. The van der Waals surface area contributed by atoms with Gasteiger partial charge in [-0.2, -0.15) is 13.2 Å². The maximum atomic E-state index is 12.6. The Morgan fingerprint density at radius 3 is 2.35 bits per heavy atom. The SMILES string of the molecule is Cc1ccccc1C1CN(c2ccc(S(=O)(=O)C(F)(F)F)cc2)CCO1. The molecule has 2 aromatic rings. The Hall–Kier alpha value is -2.06. The fraction of sp³-hybridized carbons (Fsp3) is 0.333. The maximum absolute atomic E-state index is 12.6. The molecule has 0 spiro atoms. The molecule has 4 nitrogen and oxygen atoms in total. The van der Waals surface area contributed by atoms with E-state index in [0.717, 1.165) is 23.3 Å². The highest BCUT2D eigenvalue weighted by Crippen LogP contribution is 2.32. The number of halogens is 3. The predicted octanol–water partition coefficient (Wildman–Crippen LogP) is 3.87. The lowest BCUT2D eigenvalue weighted by Gasteiger charge is -2.35. The van der Waals surface area contributed by atoms with Crippen molar-refractivity contribution in [1.29, 1.82) is 0 Å². The second-order valence-corrected chi connectivity index (χ2v) is 8.05. The van der Waals surface area contributed by atoms with Gasteiger partial charge in [-0.05, 0) is 42.3 Å². The van der Waals surface area contributed by atoms with Gasteiger partial charge in [-0.3, -0.25) is 0 Å². The van der Waals surface area contributed by atoms with Gasteiger partial charge in [0.15, 0.2) is 0 Å². The highest BCUT2D eigenvalue weighted by atomic mass is 32.2. The van der Waals surface area contributed by atoms with E-state index in [1.165, 1.54) is 12.1 Å². The van der Waals surface area contributed by atoms with E-state index in [1.807, 2.05) is 36.1 Å². The zero-order chi connectivity index (χ0) is 18.9. The summed E-state index contributed by atoms with van der Waals surface area (Å²) < 4.78 is 66.7. The fourth-order valence-corrected chi connectivity index (χ4v) is 3.75. The summed E-state index contributed by atoms with van der Waals surface area (Å²) in [7, 11) is -5.33. The predicted molar refractivity (Wildman–Crippen MR) is 91.8 cm³/mol. The van der Waals surface area contributed by atoms with E-state index in [2.05, 4.69) is 0 Å². The van der Waals surface area contributed by atoms with Gasteiger partial charge in [0.2, 0.25) is 0 Å². The van der Waals surface area contributed by atoms with Crippen molar-refractivity contribution in [2.24, 2.45) is 0 Å². The van der Waals surface area contributed by atoms with Gasteiger partial charge < -0.3 is 9.64 Å². The van der Waals surface area contributed by atoms with Crippen LogP contribution >= 0.6 is 0 Å². The third-order valence-electron chi connectivity index (χ3n) is 4.42. The fourth-order valence-electron chi connectivity index (χ4n) is 2.99. The summed E-state index contributed by atoms with van der Waals surface area (Å²) in [4.78, 5) is 1.22. The smallest absolute Gasteiger partial charge is 0.370 e. The van der Waals surface area contributed by atoms with Gasteiger partial charge in [-0.15, -0.1) is 0 Å². The summed E-state index contributed by atoms with van der Waals surface area (Å²) in [5, 5.41) is 0. The number of nitrogens with zero attached hydrogens (tertiary/aromatic N) is 1. The van der Waals surface area contributed by atoms with Crippen LogP contribution in [-0.2, 0) is 14.6 Å². The average Bonchev–Trinajstić information content (AvgIpc) is 2.61. The molecule has 1 fully saturated rings. The first-order chi connectivity index (χ1) is 12.2. The summed E-state index contributed by atoms with van der Waals surface area (Å²) in [5.41, 5.74) is -2.48. The molecular weight excluding hydrogens is 367 g/mol. The van der Waals surface area contributed by atoms with Gasteiger partial charge in [-0.1, -0.05) is 24.3 Å². The molecule has 8 heteroatoms. The van der Waals surface area contributed by atoms with Crippen molar-refractivity contribution in [1.82, 2.24) is 0 Å². The number of ether oxygens (including phenoxy) is 1. The number of rotatable bonds is 3. The monoisotopic (exact) mass is 385 g/mol. The lowest BCUT2D eigenvalue weighted by molar-refractivity contribution is -0.0436. The van der Waals surface area contributed by atoms with Crippen LogP contribution in [0.3, 0.4) is 0 Å². The third kappa shape index (κ3) is 3.57. The second-order valence-electron chi connectivity index (χ2n) is 6.11. The molecule has 0 saturated carbocycles. The van der Waals surface area contributed by atoms with E-state index >= 15 is 0 Å². The third-order valence-corrected chi connectivity index (χ3v) is 5.92. The molecule has 26 heavy (non-hydrogen) atoms. The number of morpholine rings is 1. The van der Waals surface area contributed by atoms with Crippen molar-refractivity contribution < 1.29 is 26.3 Å². The molecule has 1 aliphatic rings. The van der Waals surface area contributed by atoms with E-state index < -0.39 is 20.2 Å². The van der Waals surface area contributed by atoms with Crippen molar-refractivity contribution in [3.05, 3.63) is 59.7 Å². The topological polar surface area (TPSA) is 46.6 Å². The van der Waals surface area contributed by atoms with Crippen molar-refractivity contribution >= 4 is 15.5 Å². The van der Waals surface area contributed by atoms with E-state index in [-0.39, 0.29) is 6.10 Å². The van der Waals surface area contributed by atoms with Gasteiger partial charge in [0.05, 0.1) is 11.5 Å². The molecule has 0 aromatic heterocycles. The molecule has 2 aromatic carbocycles. The van der Waals surface area contributed by atoms with E-state index in [1.54, 1.807) is 0 Å². The van der Waals surface area contributed by atoms with Gasteiger partial charge in [-0.25, -0.2) is 8.42 Å². The highest BCUT2D eigenvalue weighted by Gasteiger charge is 2.46. The van der Waals surface area contributed by atoms with Crippen LogP contribution in [0.2, 0.25) is 0 Å². The van der Waals surface area contributed by atoms with Gasteiger partial charge in [0.1, 0.15) is 6.10 Å². The Labute approximate surface area is 150 Å². The van der Waals surface area contributed by atoms with Crippen LogP contribution in [0.15, 0.2) is 53.4 Å². The molecule has 0 radical (unpaired) electrons. The lowest BCUT2D eigenvalue weighted by atomic mass is 10.0. The van der Waals surface area contributed by atoms with Crippen LogP contribution in [0.25, 0.3) is 0 Å². The zero-order valence-corrected chi connectivity index (χ0v) is 14.8. The van der Waals surface area contributed by atoms with E-state index in [4.69, 9.17) is 4.74 Å². The molecule has 0 bridgehead atoms. The molecule has 1 aliphatic heterocycles. The van der Waals surface area contributed by atoms with Gasteiger partial charge >= 0.3 is 5.51 Å². The Bertz CT molecular complexity index is 879. The van der Waals surface area contributed by atoms with Crippen molar-refractivity contribution in [3.8, 4) is 0 Å². The Morgan fingerprint density at radius 1 is 1.08 bits per heavy atom. The number of benzene rings is 2. The first-order valence-corrected chi connectivity index (χ1v) is 9.52. The highest BCUT2D eigenvalue weighted by molar-refractivity contribution is 7.92. The summed E-state index contributed by atoms with van der Waals surface area (Å²) >= 11 is 0. The molecule has 1 unspecified atom stereocenters. The first-order valence-electron chi connectivity index (χ1n) is 8.03. The van der Waals surface area contributed by atoms with Crippen molar-refractivity contribution in [3.63, 3.8) is 0 Å². The Morgan fingerprint density at radius 2 is 1.73 bits per heavy atom. The van der Waals surface area contributed by atoms with Crippen LogP contribution in [0.5, 0.6) is 0 Å². The molecule has 140 valence electrons. The van der Waals surface area contributed by atoms with Crippen LogP contribution in [0.1, 0.15) is 17.2 Å². The molecule has 1 atom stereocenters. The minimum absolute atomic E-state index is 0.150. The maximum Gasteiger partial charge on any atom is 0.501 e. The first kappa shape index (κ1) is 18.7. The van der Waals surface area contributed by atoms with Gasteiger partial charge in [0, 0.05) is 18.8 Å². The normalized spacial score (nSPS) is 18.8. The number of sulfone groups is 1. The largest absolute Gasteiger partial charge is 0.501 e. The minimum Gasteiger partial charge on any atom is -0.370 e. The minimum atomic E-state index is -5.33. The number of hydrogen-bond acceptors (Lipinski definition) is 4. The summed E-state index contributed by atoms with van der Waals surface area (Å²) in [5.74, 6) is 0. The number of aryl methyl sites for hydroxylation is 1. The van der Waals surface area contributed by atoms with Crippen molar-refractivity contribution in [2.75, 3.05) is 24.6 Å². The molecule has 1 heterocycles. The Balaban J connectivity index is 1.81. The lowest BCUT2D eigenvalue weighted by Crippen LogP contribution is -2.38. The summed E-state index contributed by atoms with van der Waals surface area (Å²) in [6.45, 7) is 3.58. The molecule has 0 aliphatic carbocycles. The number of hydrogen-bond donors (Lipinski definition) is 0. The number of alkyl halides is 3. The van der Waals surface area contributed by atoms with Crippen molar-refractivity contribution in [2.45, 2.75) is 23.4 Å². The molecular formula is C18H18F3NO3S. The average molecular weight is 385 g/mol. The quantitative estimate of drug-likeness (QED) is 0.805. The van der Waals surface area contributed by atoms with Crippen LogP contribution in [0.4, 0.5) is 18.9 Å². The summed E-state index contributed by atoms with van der Waals surface area (Å²) in [6.07, 6.45) is -0.150. The van der Waals surface area contributed by atoms with E-state index in [0.29, 0.717) is 25.4 Å². The Kier molecular flexibility index (Phi) is 4.98. The van der Waals surface area contributed by atoms with Crippen LogP contribution < -0.4 is 4.90 Å². The molecule has 0 amide bonds.